The number of rotatable bonds is 5. The van der Waals surface area contributed by atoms with Gasteiger partial charge in [0.2, 0.25) is 0 Å². The van der Waals surface area contributed by atoms with Crippen molar-refractivity contribution in [2.75, 3.05) is 18.0 Å². The van der Waals surface area contributed by atoms with Crippen molar-refractivity contribution in [3.63, 3.8) is 0 Å². The van der Waals surface area contributed by atoms with Crippen molar-refractivity contribution in [3.05, 3.63) is 34.1 Å². The molecule has 0 bridgehead atoms. The third kappa shape index (κ3) is 3.17. The number of hydrogen-bond donors (Lipinski definition) is 0. The summed E-state index contributed by atoms with van der Waals surface area (Å²) in [5.74, 6) is -0.813. The molecule has 0 aliphatic carbocycles. The highest BCUT2D eigenvalue weighted by Gasteiger charge is 2.20. The predicted molar refractivity (Wildman–Crippen MR) is 65.7 cm³/mol. The lowest BCUT2D eigenvalue weighted by molar-refractivity contribution is -0.384. The van der Waals surface area contributed by atoms with Crippen LogP contribution in [0.15, 0.2) is 18.2 Å². The first-order valence-electron chi connectivity index (χ1n) is 5.58. The average Bonchev–Trinajstić information content (AvgIpc) is 2.35. The molecule has 0 saturated carbocycles. The second-order valence-electron chi connectivity index (χ2n) is 3.96. The third-order valence-corrected chi connectivity index (χ3v) is 2.57. The number of halogens is 1. The van der Waals surface area contributed by atoms with Gasteiger partial charge in [-0.05, 0) is 19.9 Å². The molecule has 1 rings (SSSR count). The van der Waals surface area contributed by atoms with Gasteiger partial charge in [0.25, 0.3) is 5.69 Å². The van der Waals surface area contributed by atoms with E-state index >= 15 is 0 Å². The molecule has 0 aromatic heterocycles. The largest absolute Gasteiger partial charge is 0.365 e. The summed E-state index contributed by atoms with van der Waals surface area (Å²) in [4.78, 5) is 12.0. The molecule has 0 aliphatic heterocycles. The minimum absolute atomic E-state index is 0.150. The molecule has 1 aromatic carbocycles. The Hall–Kier alpha value is -2.16. The molecule has 5 nitrogen and oxygen atoms in total. The van der Waals surface area contributed by atoms with Gasteiger partial charge >= 0.3 is 0 Å². The van der Waals surface area contributed by atoms with Crippen LogP contribution >= 0.6 is 0 Å². The fourth-order valence-electron chi connectivity index (χ4n) is 1.67. The molecule has 0 saturated heterocycles. The van der Waals surface area contributed by atoms with Gasteiger partial charge in [-0.15, -0.1) is 0 Å². The summed E-state index contributed by atoms with van der Waals surface area (Å²) in [7, 11) is 0. The highest BCUT2D eigenvalue weighted by atomic mass is 19.1. The molecular weight excluding hydrogens is 237 g/mol. The van der Waals surface area contributed by atoms with Crippen LogP contribution < -0.4 is 4.90 Å². The fourth-order valence-corrected chi connectivity index (χ4v) is 1.67. The maximum Gasteiger partial charge on any atom is 0.292 e. The van der Waals surface area contributed by atoms with E-state index in [0.29, 0.717) is 13.1 Å². The molecule has 96 valence electrons. The number of nitro groups is 1. The van der Waals surface area contributed by atoms with Crippen molar-refractivity contribution in [1.82, 2.24) is 0 Å². The Kier molecular flexibility index (Phi) is 4.60. The second kappa shape index (κ2) is 5.96. The number of nitrogens with zero attached hydrogens (tertiary/aromatic N) is 3. The quantitative estimate of drug-likeness (QED) is 0.596. The summed E-state index contributed by atoms with van der Waals surface area (Å²) in [6, 6.07) is 5.39. The highest BCUT2D eigenvalue weighted by molar-refractivity contribution is 5.63. The van der Waals surface area contributed by atoms with Crippen LogP contribution in [0.25, 0.3) is 0 Å². The van der Waals surface area contributed by atoms with Gasteiger partial charge in [-0.1, -0.05) is 0 Å². The molecule has 0 spiro atoms. The average molecular weight is 251 g/mol. The van der Waals surface area contributed by atoms with Gasteiger partial charge in [-0.3, -0.25) is 10.1 Å². The first-order valence-corrected chi connectivity index (χ1v) is 5.58. The number of benzene rings is 1. The Balaban J connectivity index is 3.15. The molecular formula is C12H14FN3O2. The zero-order valence-electron chi connectivity index (χ0n) is 10.3. The highest BCUT2D eigenvalue weighted by Crippen LogP contribution is 2.29. The van der Waals surface area contributed by atoms with Crippen LogP contribution in [0.4, 0.5) is 15.8 Å². The Morgan fingerprint density at radius 2 is 2.28 bits per heavy atom. The van der Waals surface area contributed by atoms with Crippen LogP contribution in [0, 0.1) is 33.2 Å². The normalized spacial score (nSPS) is 11.7. The summed E-state index contributed by atoms with van der Waals surface area (Å²) in [6.07, 6.45) is 0. The van der Waals surface area contributed by atoms with Gasteiger partial charge in [0.15, 0.2) is 0 Å². The van der Waals surface area contributed by atoms with Crippen molar-refractivity contribution in [2.45, 2.75) is 13.8 Å². The van der Waals surface area contributed by atoms with E-state index in [1.807, 2.05) is 0 Å². The number of anilines is 1. The van der Waals surface area contributed by atoms with E-state index in [2.05, 4.69) is 6.07 Å². The van der Waals surface area contributed by atoms with Gasteiger partial charge in [-0.2, -0.15) is 5.26 Å². The summed E-state index contributed by atoms with van der Waals surface area (Å²) < 4.78 is 13.2. The lowest BCUT2D eigenvalue weighted by Gasteiger charge is -2.23. The van der Waals surface area contributed by atoms with Crippen molar-refractivity contribution in [3.8, 4) is 6.07 Å². The molecule has 0 heterocycles. The predicted octanol–water partition coefficient (Wildman–Crippen LogP) is 2.72. The Morgan fingerprint density at radius 1 is 1.61 bits per heavy atom. The van der Waals surface area contributed by atoms with Crippen molar-refractivity contribution < 1.29 is 9.31 Å². The Morgan fingerprint density at radius 3 is 2.78 bits per heavy atom. The van der Waals surface area contributed by atoms with E-state index in [9.17, 15) is 14.5 Å². The number of hydrogen-bond acceptors (Lipinski definition) is 4. The van der Waals surface area contributed by atoms with Crippen LogP contribution in [0.2, 0.25) is 0 Å². The minimum atomic E-state index is -0.547. The molecule has 0 aliphatic rings. The molecule has 0 radical (unpaired) electrons. The third-order valence-electron chi connectivity index (χ3n) is 2.57. The van der Waals surface area contributed by atoms with Gasteiger partial charge in [0.1, 0.15) is 11.5 Å². The monoisotopic (exact) mass is 251 g/mol. The summed E-state index contributed by atoms with van der Waals surface area (Å²) in [5.41, 5.74) is 0.0630. The molecule has 6 heteroatoms. The summed E-state index contributed by atoms with van der Waals surface area (Å²) in [6.45, 7) is 4.32. The zero-order valence-corrected chi connectivity index (χ0v) is 10.3. The molecule has 1 aromatic rings. The Bertz CT molecular complexity index is 485. The topological polar surface area (TPSA) is 70.2 Å². The van der Waals surface area contributed by atoms with Crippen molar-refractivity contribution >= 4 is 11.4 Å². The number of nitriles is 1. The van der Waals surface area contributed by atoms with E-state index in [-0.39, 0.29) is 17.3 Å². The maximum atomic E-state index is 13.2. The molecule has 1 unspecified atom stereocenters. The van der Waals surface area contributed by atoms with Crippen LogP contribution in [-0.2, 0) is 0 Å². The lowest BCUT2D eigenvalue weighted by atomic mass is 10.1. The van der Waals surface area contributed by atoms with Gasteiger partial charge in [0.05, 0.1) is 16.9 Å². The van der Waals surface area contributed by atoms with Crippen molar-refractivity contribution in [1.29, 1.82) is 5.26 Å². The maximum absolute atomic E-state index is 13.2. The van der Waals surface area contributed by atoms with E-state index < -0.39 is 10.7 Å². The summed E-state index contributed by atoms with van der Waals surface area (Å²) >= 11 is 0. The van der Waals surface area contributed by atoms with Gasteiger partial charge in [0, 0.05) is 25.2 Å². The van der Waals surface area contributed by atoms with Crippen LogP contribution in [-0.4, -0.2) is 18.0 Å². The van der Waals surface area contributed by atoms with Gasteiger partial charge < -0.3 is 4.90 Å². The first kappa shape index (κ1) is 13.9. The minimum Gasteiger partial charge on any atom is -0.365 e. The first-order chi connectivity index (χ1) is 8.49. The Labute approximate surface area is 105 Å². The zero-order chi connectivity index (χ0) is 13.7. The van der Waals surface area contributed by atoms with E-state index in [1.54, 1.807) is 18.7 Å². The van der Waals surface area contributed by atoms with Crippen molar-refractivity contribution in [2.24, 2.45) is 5.92 Å². The SMILES string of the molecule is CCN(CC(C)C#N)c1cc(F)ccc1[N+](=O)[O-]. The molecule has 0 N–H and O–H groups in total. The molecule has 18 heavy (non-hydrogen) atoms. The second-order valence-corrected chi connectivity index (χ2v) is 3.96. The molecule has 0 fully saturated rings. The fraction of sp³-hybridized carbons (Fsp3) is 0.417. The van der Waals surface area contributed by atoms with Crippen LogP contribution in [0.1, 0.15) is 13.8 Å². The van der Waals surface area contributed by atoms with Crippen LogP contribution in [0.5, 0.6) is 0 Å². The lowest BCUT2D eigenvalue weighted by Crippen LogP contribution is -2.28. The van der Waals surface area contributed by atoms with E-state index in [0.717, 1.165) is 18.2 Å². The smallest absolute Gasteiger partial charge is 0.292 e. The molecule has 1 atom stereocenters. The molecule has 0 amide bonds. The van der Waals surface area contributed by atoms with E-state index in [4.69, 9.17) is 5.26 Å². The van der Waals surface area contributed by atoms with Gasteiger partial charge in [-0.25, -0.2) is 4.39 Å². The van der Waals surface area contributed by atoms with Crippen LogP contribution in [0.3, 0.4) is 0 Å². The standard InChI is InChI=1S/C12H14FN3O2/c1-3-15(8-9(2)7-14)12-6-10(13)4-5-11(12)16(17)18/h4-6,9H,3,8H2,1-2H3. The number of nitro benzene ring substituents is 1. The van der Waals surface area contributed by atoms with E-state index in [1.165, 1.54) is 0 Å². The summed E-state index contributed by atoms with van der Waals surface area (Å²) in [5, 5.41) is 19.7.